The van der Waals surface area contributed by atoms with Crippen LogP contribution in [0.3, 0.4) is 0 Å². The third kappa shape index (κ3) is 3.19. The molecule has 0 radical (unpaired) electrons. The average Bonchev–Trinajstić information content (AvgIpc) is 2.29. The Morgan fingerprint density at radius 2 is 1.94 bits per heavy atom. The normalized spacial score (nSPS) is 22.3. The molecule has 0 aromatic rings. The minimum Gasteiger partial charge on any atom is -0.212 e. The van der Waals surface area contributed by atoms with Crippen molar-refractivity contribution < 1.29 is 8.42 Å². The highest BCUT2D eigenvalue weighted by molar-refractivity contribution is 7.90. The summed E-state index contributed by atoms with van der Waals surface area (Å²) in [6.07, 6.45) is 4.99. The van der Waals surface area contributed by atoms with Crippen LogP contribution in [-0.2, 0) is 10.0 Å². The first-order valence-corrected chi connectivity index (χ1v) is 7.42. The third-order valence-corrected chi connectivity index (χ3v) is 5.40. The van der Waals surface area contributed by atoms with Crippen molar-refractivity contribution in [1.29, 1.82) is 5.26 Å². The van der Waals surface area contributed by atoms with E-state index in [1.807, 2.05) is 13.0 Å². The first-order valence-electron chi connectivity index (χ1n) is 5.87. The van der Waals surface area contributed by atoms with E-state index in [4.69, 9.17) is 5.26 Å². The summed E-state index contributed by atoms with van der Waals surface area (Å²) < 4.78 is 26.7. The lowest BCUT2D eigenvalue weighted by molar-refractivity contribution is 0.452. The Hall–Kier alpha value is -0.600. The quantitative estimate of drug-likeness (QED) is 0.821. The van der Waals surface area contributed by atoms with Gasteiger partial charge < -0.3 is 0 Å². The lowest BCUT2D eigenvalue weighted by Gasteiger charge is -2.27. The van der Waals surface area contributed by atoms with Crippen molar-refractivity contribution in [2.75, 3.05) is 0 Å². The maximum atomic E-state index is 12.1. The van der Waals surface area contributed by atoms with Gasteiger partial charge in [0.2, 0.25) is 10.0 Å². The van der Waals surface area contributed by atoms with Gasteiger partial charge in [-0.2, -0.15) is 9.98 Å². The van der Waals surface area contributed by atoms with E-state index in [-0.39, 0.29) is 5.25 Å². The molecular formula is C11H20N2O2S. The minimum atomic E-state index is -3.34. The fourth-order valence-corrected chi connectivity index (χ4v) is 3.89. The predicted molar refractivity (Wildman–Crippen MR) is 63.2 cm³/mol. The molecule has 5 heteroatoms. The van der Waals surface area contributed by atoms with Crippen molar-refractivity contribution in [1.82, 2.24) is 4.72 Å². The van der Waals surface area contributed by atoms with Crippen LogP contribution < -0.4 is 4.72 Å². The number of hydrogen-bond acceptors (Lipinski definition) is 3. The zero-order chi connectivity index (χ0) is 12.2. The van der Waals surface area contributed by atoms with Gasteiger partial charge in [-0.3, -0.25) is 0 Å². The van der Waals surface area contributed by atoms with Gasteiger partial charge in [0.25, 0.3) is 0 Å². The summed E-state index contributed by atoms with van der Waals surface area (Å²) in [6.45, 7) is 3.44. The van der Waals surface area contributed by atoms with Crippen LogP contribution in [0.4, 0.5) is 0 Å². The summed E-state index contributed by atoms with van der Waals surface area (Å²) in [6, 6.07) is 2.03. The van der Waals surface area contributed by atoms with Gasteiger partial charge in [0.05, 0.1) is 11.3 Å². The van der Waals surface area contributed by atoms with Gasteiger partial charge >= 0.3 is 0 Å². The molecule has 1 unspecified atom stereocenters. The second-order valence-electron chi connectivity index (χ2n) is 4.70. The standard InChI is InChI=1S/C11H20N2O2S/c1-3-11(2,9-12)13-16(14,15)10-7-5-4-6-8-10/h10,13H,3-8H2,1-2H3. The number of nitriles is 1. The van der Waals surface area contributed by atoms with Gasteiger partial charge in [-0.1, -0.05) is 26.2 Å². The van der Waals surface area contributed by atoms with Crippen molar-refractivity contribution in [3.05, 3.63) is 0 Å². The Labute approximate surface area is 98.1 Å². The van der Waals surface area contributed by atoms with Crippen LogP contribution in [-0.4, -0.2) is 19.2 Å². The maximum Gasteiger partial charge on any atom is 0.215 e. The van der Waals surface area contributed by atoms with Crippen LogP contribution in [0.2, 0.25) is 0 Å². The van der Waals surface area contributed by atoms with Gasteiger partial charge in [0, 0.05) is 0 Å². The molecule has 0 saturated heterocycles. The molecule has 4 nitrogen and oxygen atoms in total. The van der Waals surface area contributed by atoms with Crippen LogP contribution in [0, 0.1) is 11.3 Å². The van der Waals surface area contributed by atoms with Crippen molar-refractivity contribution in [2.24, 2.45) is 0 Å². The largest absolute Gasteiger partial charge is 0.215 e. The number of nitrogens with one attached hydrogen (secondary N) is 1. The molecule has 1 saturated carbocycles. The molecular weight excluding hydrogens is 224 g/mol. The van der Waals surface area contributed by atoms with Crippen LogP contribution >= 0.6 is 0 Å². The fourth-order valence-electron chi connectivity index (χ4n) is 1.95. The number of sulfonamides is 1. The maximum absolute atomic E-state index is 12.1. The topological polar surface area (TPSA) is 70.0 Å². The van der Waals surface area contributed by atoms with Gasteiger partial charge in [0.1, 0.15) is 5.54 Å². The van der Waals surface area contributed by atoms with Gasteiger partial charge in [-0.15, -0.1) is 0 Å². The van der Waals surface area contributed by atoms with Crippen molar-refractivity contribution in [3.8, 4) is 6.07 Å². The average molecular weight is 244 g/mol. The van der Waals surface area contributed by atoms with Crippen LogP contribution in [0.1, 0.15) is 52.4 Å². The second-order valence-corrected chi connectivity index (χ2v) is 6.67. The van der Waals surface area contributed by atoms with E-state index in [1.54, 1.807) is 6.92 Å². The summed E-state index contributed by atoms with van der Waals surface area (Å²) in [7, 11) is -3.34. The monoisotopic (exact) mass is 244 g/mol. The molecule has 0 aromatic heterocycles. The van der Waals surface area contributed by atoms with Gasteiger partial charge in [-0.25, -0.2) is 8.42 Å². The van der Waals surface area contributed by atoms with E-state index in [0.717, 1.165) is 32.1 Å². The molecule has 16 heavy (non-hydrogen) atoms. The zero-order valence-electron chi connectivity index (χ0n) is 9.99. The first-order chi connectivity index (χ1) is 7.43. The molecule has 0 heterocycles. The van der Waals surface area contributed by atoms with Gasteiger partial charge in [0.15, 0.2) is 0 Å². The SMILES string of the molecule is CCC(C)(C#N)NS(=O)(=O)C1CCCCC1. The Bertz CT molecular complexity index is 366. The molecule has 1 rings (SSSR count). The summed E-state index contributed by atoms with van der Waals surface area (Å²) in [5.74, 6) is 0. The zero-order valence-corrected chi connectivity index (χ0v) is 10.8. The molecule has 0 aliphatic heterocycles. The Balaban J connectivity index is 2.75. The summed E-state index contributed by atoms with van der Waals surface area (Å²) >= 11 is 0. The van der Waals surface area contributed by atoms with Crippen molar-refractivity contribution in [2.45, 2.75) is 63.2 Å². The van der Waals surface area contributed by atoms with E-state index >= 15 is 0 Å². The number of rotatable bonds is 4. The van der Waals surface area contributed by atoms with Crippen LogP contribution in [0.15, 0.2) is 0 Å². The van der Waals surface area contributed by atoms with E-state index in [0.29, 0.717) is 6.42 Å². The predicted octanol–water partition coefficient (Wildman–Crippen LogP) is 1.93. The highest BCUT2D eigenvalue weighted by Gasteiger charge is 2.34. The molecule has 0 spiro atoms. The molecule has 0 amide bonds. The summed E-state index contributed by atoms with van der Waals surface area (Å²) in [5.41, 5.74) is -0.962. The fraction of sp³-hybridized carbons (Fsp3) is 0.909. The summed E-state index contributed by atoms with van der Waals surface area (Å²) in [4.78, 5) is 0. The van der Waals surface area contributed by atoms with Crippen molar-refractivity contribution in [3.63, 3.8) is 0 Å². The molecule has 1 N–H and O–H groups in total. The lowest BCUT2D eigenvalue weighted by Crippen LogP contribution is -2.48. The van der Waals surface area contributed by atoms with E-state index < -0.39 is 15.6 Å². The Morgan fingerprint density at radius 3 is 2.38 bits per heavy atom. The summed E-state index contributed by atoms with van der Waals surface area (Å²) in [5, 5.41) is 8.66. The second kappa shape index (κ2) is 5.15. The van der Waals surface area contributed by atoms with E-state index in [1.165, 1.54) is 0 Å². The van der Waals surface area contributed by atoms with Gasteiger partial charge in [-0.05, 0) is 26.2 Å². The van der Waals surface area contributed by atoms with E-state index in [9.17, 15) is 8.42 Å². The number of hydrogen-bond donors (Lipinski definition) is 1. The van der Waals surface area contributed by atoms with Crippen LogP contribution in [0.5, 0.6) is 0 Å². The Morgan fingerprint density at radius 1 is 1.38 bits per heavy atom. The smallest absolute Gasteiger partial charge is 0.212 e. The van der Waals surface area contributed by atoms with E-state index in [2.05, 4.69) is 4.72 Å². The Kier molecular flexibility index (Phi) is 4.34. The molecule has 0 aromatic carbocycles. The van der Waals surface area contributed by atoms with Crippen molar-refractivity contribution >= 4 is 10.0 Å². The molecule has 0 bridgehead atoms. The number of nitrogens with zero attached hydrogens (tertiary/aromatic N) is 1. The third-order valence-electron chi connectivity index (χ3n) is 3.31. The molecule has 1 aliphatic carbocycles. The molecule has 1 aliphatic rings. The highest BCUT2D eigenvalue weighted by Crippen LogP contribution is 2.24. The molecule has 92 valence electrons. The first kappa shape index (κ1) is 13.5. The van der Waals surface area contributed by atoms with Crippen LogP contribution in [0.25, 0.3) is 0 Å². The molecule has 1 fully saturated rings. The highest BCUT2D eigenvalue weighted by atomic mass is 32.2. The lowest BCUT2D eigenvalue weighted by atomic mass is 10.0. The molecule has 1 atom stereocenters. The minimum absolute atomic E-state index is 0.305.